The predicted octanol–water partition coefficient (Wildman–Crippen LogP) is 2.66. The normalized spacial score (nSPS) is 25.7. The lowest BCUT2D eigenvalue weighted by atomic mass is 10.0. The molecule has 1 aliphatic heterocycles. The van der Waals surface area contributed by atoms with E-state index in [1.807, 2.05) is 0 Å². The number of ether oxygens (including phenoxy) is 2. The summed E-state index contributed by atoms with van der Waals surface area (Å²) >= 11 is 0. The summed E-state index contributed by atoms with van der Waals surface area (Å²) in [4.78, 5) is 11.7. The van der Waals surface area contributed by atoms with Gasteiger partial charge >= 0.3 is 0 Å². The molecule has 1 aromatic rings. The molecule has 3 unspecified atom stereocenters. The Morgan fingerprint density at radius 2 is 2.11 bits per heavy atom. The summed E-state index contributed by atoms with van der Waals surface area (Å²) in [7, 11) is 0. The molecule has 0 aliphatic carbocycles. The zero-order chi connectivity index (χ0) is 13.0. The maximum atomic E-state index is 13.8. The number of ketones is 1. The SMILES string of the molecule is O=C(c1ccccc1)C(F)CC1OCCC(F)O1. The van der Waals surface area contributed by atoms with Crippen LogP contribution in [0.2, 0.25) is 0 Å². The van der Waals surface area contributed by atoms with Crippen molar-refractivity contribution in [3.8, 4) is 0 Å². The van der Waals surface area contributed by atoms with E-state index in [4.69, 9.17) is 9.47 Å². The average molecular weight is 256 g/mol. The number of hydrogen-bond donors (Lipinski definition) is 0. The second kappa shape index (κ2) is 6.02. The molecule has 5 heteroatoms. The van der Waals surface area contributed by atoms with Crippen molar-refractivity contribution in [2.75, 3.05) is 6.61 Å². The van der Waals surface area contributed by atoms with Gasteiger partial charge in [-0.15, -0.1) is 0 Å². The molecule has 1 heterocycles. The molecule has 98 valence electrons. The molecule has 0 spiro atoms. The molecule has 0 aromatic heterocycles. The van der Waals surface area contributed by atoms with Crippen LogP contribution < -0.4 is 0 Å². The number of alkyl halides is 2. The number of halogens is 2. The Bertz CT molecular complexity index is 396. The molecule has 0 saturated carbocycles. The minimum Gasteiger partial charge on any atom is -0.352 e. The van der Waals surface area contributed by atoms with Crippen LogP contribution in [0.15, 0.2) is 30.3 Å². The summed E-state index contributed by atoms with van der Waals surface area (Å²) in [5, 5.41) is 0. The summed E-state index contributed by atoms with van der Waals surface area (Å²) in [6, 6.07) is 8.13. The summed E-state index contributed by atoms with van der Waals surface area (Å²) in [5.41, 5.74) is 0.289. The van der Waals surface area contributed by atoms with Gasteiger partial charge in [0.1, 0.15) is 0 Å². The van der Waals surface area contributed by atoms with Gasteiger partial charge in [0.2, 0.25) is 6.36 Å². The van der Waals surface area contributed by atoms with Crippen LogP contribution in [0.5, 0.6) is 0 Å². The van der Waals surface area contributed by atoms with Gasteiger partial charge in [0.15, 0.2) is 18.2 Å². The molecule has 0 radical (unpaired) electrons. The first kappa shape index (κ1) is 13.1. The Kier molecular flexibility index (Phi) is 4.38. The quantitative estimate of drug-likeness (QED) is 0.777. The first-order valence-electron chi connectivity index (χ1n) is 5.81. The number of rotatable bonds is 4. The lowest BCUT2D eigenvalue weighted by Crippen LogP contribution is -2.33. The lowest BCUT2D eigenvalue weighted by Gasteiger charge is -2.26. The Morgan fingerprint density at radius 1 is 1.39 bits per heavy atom. The summed E-state index contributed by atoms with van der Waals surface area (Å²) in [6.07, 6.45) is -4.32. The minimum atomic E-state index is -1.75. The van der Waals surface area contributed by atoms with Crippen molar-refractivity contribution in [3.63, 3.8) is 0 Å². The van der Waals surface area contributed by atoms with Crippen LogP contribution in [0.1, 0.15) is 23.2 Å². The van der Waals surface area contributed by atoms with Crippen molar-refractivity contribution >= 4 is 5.78 Å². The maximum Gasteiger partial charge on any atom is 0.203 e. The van der Waals surface area contributed by atoms with Gasteiger partial charge < -0.3 is 9.47 Å². The Labute approximate surface area is 104 Å². The van der Waals surface area contributed by atoms with Crippen LogP contribution in [0.4, 0.5) is 8.78 Å². The predicted molar refractivity (Wildman–Crippen MR) is 60.6 cm³/mol. The second-order valence-corrected chi connectivity index (χ2v) is 4.07. The highest BCUT2D eigenvalue weighted by molar-refractivity contribution is 5.99. The smallest absolute Gasteiger partial charge is 0.203 e. The van der Waals surface area contributed by atoms with Gasteiger partial charge in [0.25, 0.3) is 0 Å². The van der Waals surface area contributed by atoms with Gasteiger partial charge in [-0.1, -0.05) is 30.3 Å². The summed E-state index contributed by atoms with van der Waals surface area (Å²) in [5.74, 6) is -0.635. The highest BCUT2D eigenvalue weighted by atomic mass is 19.1. The van der Waals surface area contributed by atoms with E-state index < -0.39 is 24.6 Å². The lowest BCUT2D eigenvalue weighted by molar-refractivity contribution is -0.250. The second-order valence-electron chi connectivity index (χ2n) is 4.07. The highest BCUT2D eigenvalue weighted by Gasteiger charge is 2.29. The van der Waals surface area contributed by atoms with Gasteiger partial charge in [-0.05, 0) is 0 Å². The molecule has 1 aromatic carbocycles. The fraction of sp³-hybridized carbons (Fsp3) is 0.462. The monoisotopic (exact) mass is 256 g/mol. The van der Waals surface area contributed by atoms with E-state index in [9.17, 15) is 13.6 Å². The van der Waals surface area contributed by atoms with Crippen LogP contribution in [0, 0.1) is 0 Å². The number of benzene rings is 1. The first-order valence-corrected chi connectivity index (χ1v) is 5.81. The summed E-state index contributed by atoms with van der Waals surface area (Å²) < 4.78 is 36.5. The largest absolute Gasteiger partial charge is 0.352 e. The van der Waals surface area contributed by atoms with Crippen molar-refractivity contribution in [3.05, 3.63) is 35.9 Å². The van der Waals surface area contributed by atoms with Crippen molar-refractivity contribution in [1.82, 2.24) is 0 Å². The molecule has 1 aliphatic rings. The van der Waals surface area contributed by atoms with Gasteiger partial charge in [0.05, 0.1) is 6.61 Å². The van der Waals surface area contributed by atoms with Crippen molar-refractivity contribution in [1.29, 1.82) is 0 Å². The molecule has 3 nitrogen and oxygen atoms in total. The standard InChI is InChI=1S/C13H14F2O3/c14-10(8-12-17-7-6-11(15)18-12)13(16)9-4-2-1-3-5-9/h1-5,10-12H,6-8H2. The van der Waals surface area contributed by atoms with Crippen molar-refractivity contribution in [2.45, 2.75) is 31.7 Å². The minimum absolute atomic E-state index is 0.139. The number of carbonyl (C=O) groups excluding carboxylic acids is 1. The number of hydrogen-bond acceptors (Lipinski definition) is 3. The molecule has 0 bridgehead atoms. The fourth-order valence-corrected chi connectivity index (χ4v) is 1.75. The molecule has 0 N–H and O–H groups in total. The zero-order valence-electron chi connectivity index (χ0n) is 9.72. The third-order valence-corrected chi connectivity index (χ3v) is 2.69. The molecule has 1 saturated heterocycles. The van der Waals surface area contributed by atoms with Crippen LogP contribution in [0.25, 0.3) is 0 Å². The highest BCUT2D eigenvalue weighted by Crippen LogP contribution is 2.20. The van der Waals surface area contributed by atoms with E-state index >= 15 is 0 Å². The van der Waals surface area contributed by atoms with Crippen LogP contribution >= 0.6 is 0 Å². The first-order chi connectivity index (χ1) is 8.66. The van der Waals surface area contributed by atoms with Crippen molar-refractivity contribution < 1.29 is 23.0 Å². The number of carbonyl (C=O) groups is 1. The third kappa shape index (κ3) is 3.34. The molecule has 18 heavy (non-hydrogen) atoms. The molecule has 0 amide bonds. The fourth-order valence-electron chi connectivity index (χ4n) is 1.75. The van der Waals surface area contributed by atoms with Crippen molar-refractivity contribution in [2.24, 2.45) is 0 Å². The van der Waals surface area contributed by atoms with Gasteiger partial charge in [-0.2, -0.15) is 0 Å². The molecule has 3 atom stereocenters. The number of Topliss-reactive ketones (excluding diaryl/α,β-unsaturated/α-hetero) is 1. The Morgan fingerprint density at radius 3 is 2.78 bits per heavy atom. The molecule has 2 rings (SSSR count). The zero-order valence-corrected chi connectivity index (χ0v) is 9.72. The van der Waals surface area contributed by atoms with Gasteiger partial charge in [-0.25, -0.2) is 8.78 Å². The van der Waals surface area contributed by atoms with E-state index in [1.165, 1.54) is 12.1 Å². The topological polar surface area (TPSA) is 35.5 Å². The maximum absolute atomic E-state index is 13.8. The van der Waals surface area contributed by atoms with Gasteiger partial charge in [0, 0.05) is 18.4 Å². The Balaban J connectivity index is 1.91. The Hall–Kier alpha value is -1.33. The van der Waals surface area contributed by atoms with Crippen LogP contribution in [-0.4, -0.2) is 31.2 Å². The third-order valence-electron chi connectivity index (χ3n) is 2.69. The van der Waals surface area contributed by atoms with E-state index in [0.29, 0.717) is 0 Å². The van der Waals surface area contributed by atoms with E-state index in [1.54, 1.807) is 18.2 Å². The average Bonchev–Trinajstić information content (AvgIpc) is 2.39. The molecular formula is C13H14F2O3. The van der Waals surface area contributed by atoms with E-state index in [0.717, 1.165) is 0 Å². The van der Waals surface area contributed by atoms with Crippen LogP contribution in [-0.2, 0) is 9.47 Å². The molecular weight excluding hydrogens is 242 g/mol. The van der Waals surface area contributed by atoms with E-state index in [2.05, 4.69) is 0 Å². The van der Waals surface area contributed by atoms with Gasteiger partial charge in [-0.3, -0.25) is 4.79 Å². The summed E-state index contributed by atoms with van der Waals surface area (Å²) in [6.45, 7) is 0.179. The van der Waals surface area contributed by atoms with E-state index in [-0.39, 0.29) is 25.0 Å². The van der Waals surface area contributed by atoms with Crippen LogP contribution in [0.3, 0.4) is 0 Å². The molecule has 1 fully saturated rings.